The van der Waals surface area contributed by atoms with Gasteiger partial charge >= 0.3 is 0 Å². The summed E-state index contributed by atoms with van der Waals surface area (Å²) in [5, 5.41) is 3.48. The average molecular weight is 389 g/mol. The van der Waals surface area contributed by atoms with Crippen LogP contribution in [0.2, 0.25) is 0 Å². The van der Waals surface area contributed by atoms with E-state index in [1.54, 1.807) is 7.11 Å². The zero-order valence-electron chi connectivity index (χ0n) is 17.1. The highest BCUT2D eigenvalue weighted by Crippen LogP contribution is 2.27. The highest BCUT2D eigenvalue weighted by molar-refractivity contribution is 5.62. The van der Waals surface area contributed by atoms with Crippen LogP contribution in [0.4, 0.5) is 11.6 Å². The maximum atomic E-state index is 5.47. The van der Waals surface area contributed by atoms with Crippen molar-refractivity contribution >= 4 is 11.6 Å². The second-order valence-electron chi connectivity index (χ2n) is 7.64. The van der Waals surface area contributed by atoms with Crippen molar-refractivity contribution in [3.05, 3.63) is 66.2 Å². The minimum atomic E-state index is 0.645. The number of aromatic nitrogens is 2. The van der Waals surface area contributed by atoms with Gasteiger partial charge in [0.05, 0.1) is 7.11 Å². The molecule has 29 heavy (non-hydrogen) atoms. The molecule has 0 aliphatic carbocycles. The Hall–Kier alpha value is -3.08. The van der Waals surface area contributed by atoms with E-state index in [0.29, 0.717) is 6.54 Å². The van der Waals surface area contributed by atoms with Crippen LogP contribution in [0.3, 0.4) is 0 Å². The molecular formula is C24H28N4O. The molecule has 0 saturated carbocycles. The van der Waals surface area contributed by atoms with Gasteiger partial charge in [0.2, 0.25) is 0 Å². The highest BCUT2D eigenvalue weighted by atomic mass is 16.5. The smallest absolute Gasteiger partial charge is 0.163 e. The number of methoxy groups -OCH3 is 1. The van der Waals surface area contributed by atoms with Crippen molar-refractivity contribution < 1.29 is 4.74 Å². The Morgan fingerprint density at radius 3 is 2.48 bits per heavy atom. The van der Waals surface area contributed by atoms with Gasteiger partial charge in [-0.05, 0) is 24.8 Å². The first-order valence-electron chi connectivity index (χ1n) is 10.3. The maximum Gasteiger partial charge on any atom is 0.163 e. The van der Waals surface area contributed by atoms with Crippen molar-refractivity contribution in [3.63, 3.8) is 0 Å². The van der Waals surface area contributed by atoms with Crippen molar-refractivity contribution in [3.8, 4) is 17.1 Å². The van der Waals surface area contributed by atoms with Gasteiger partial charge in [-0.25, -0.2) is 9.97 Å². The number of nitrogens with zero attached hydrogens (tertiary/aromatic N) is 3. The van der Waals surface area contributed by atoms with Gasteiger partial charge in [0.1, 0.15) is 17.4 Å². The number of hydrogen-bond acceptors (Lipinski definition) is 5. The summed E-state index contributed by atoms with van der Waals surface area (Å²) in [5.41, 5.74) is 2.13. The van der Waals surface area contributed by atoms with Gasteiger partial charge in [0, 0.05) is 36.8 Å². The van der Waals surface area contributed by atoms with Crippen LogP contribution in [0.25, 0.3) is 11.4 Å². The molecule has 2 aromatic carbocycles. The Bertz CT molecular complexity index is 937. The number of benzene rings is 2. The molecule has 0 radical (unpaired) electrons. The first-order valence-corrected chi connectivity index (χ1v) is 10.3. The minimum Gasteiger partial charge on any atom is -0.496 e. The van der Waals surface area contributed by atoms with E-state index in [1.807, 2.05) is 36.4 Å². The van der Waals surface area contributed by atoms with Crippen LogP contribution in [0, 0.1) is 5.92 Å². The van der Waals surface area contributed by atoms with Gasteiger partial charge in [-0.15, -0.1) is 0 Å². The molecule has 1 aliphatic heterocycles. The fourth-order valence-corrected chi connectivity index (χ4v) is 3.68. The molecule has 5 heteroatoms. The zero-order chi connectivity index (χ0) is 20.1. The van der Waals surface area contributed by atoms with E-state index in [2.05, 4.69) is 41.4 Å². The summed E-state index contributed by atoms with van der Waals surface area (Å²) in [6, 6.07) is 20.3. The Labute approximate surface area is 172 Å². The van der Waals surface area contributed by atoms with Gasteiger partial charge in [-0.3, -0.25) is 0 Å². The van der Waals surface area contributed by atoms with E-state index in [0.717, 1.165) is 53.3 Å². The monoisotopic (exact) mass is 388 g/mol. The van der Waals surface area contributed by atoms with E-state index in [9.17, 15) is 0 Å². The number of hydrogen-bond donors (Lipinski definition) is 1. The SMILES string of the molecule is COc1ccccc1CNc1cc(N2CCC(C)CC2)nc(-c2ccccc2)n1. The lowest BCUT2D eigenvalue weighted by Gasteiger charge is -2.31. The molecule has 0 unspecified atom stereocenters. The first-order chi connectivity index (χ1) is 14.2. The first kappa shape index (κ1) is 19.2. The van der Waals surface area contributed by atoms with Crippen LogP contribution in [-0.4, -0.2) is 30.2 Å². The molecule has 0 bridgehead atoms. The molecule has 150 valence electrons. The number of rotatable bonds is 6. The molecule has 1 aromatic heterocycles. The van der Waals surface area contributed by atoms with Gasteiger partial charge in [0.25, 0.3) is 0 Å². The van der Waals surface area contributed by atoms with Crippen molar-refractivity contribution in [1.29, 1.82) is 0 Å². The maximum absolute atomic E-state index is 5.47. The van der Waals surface area contributed by atoms with Crippen LogP contribution in [-0.2, 0) is 6.54 Å². The molecule has 1 fully saturated rings. The van der Waals surface area contributed by atoms with E-state index >= 15 is 0 Å². The van der Waals surface area contributed by atoms with Crippen molar-refractivity contribution in [1.82, 2.24) is 9.97 Å². The van der Waals surface area contributed by atoms with Gasteiger partial charge in [0.15, 0.2) is 5.82 Å². The summed E-state index contributed by atoms with van der Waals surface area (Å²) in [7, 11) is 1.70. The summed E-state index contributed by atoms with van der Waals surface area (Å²) >= 11 is 0. The fourth-order valence-electron chi connectivity index (χ4n) is 3.68. The number of nitrogens with one attached hydrogen (secondary N) is 1. The van der Waals surface area contributed by atoms with Crippen molar-refractivity contribution in [2.45, 2.75) is 26.3 Å². The van der Waals surface area contributed by atoms with Crippen LogP contribution < -0.4 is 15.0 Å². The molecule has 3 aromatic rings. The topological polar surface area (TPSA) is 50.3 Å². The third-order valence-corrected chi connectivity index (χ3v) is 5.50. The van der Waals surface area contributed by atoms with Crippen molar-refractivity contribution in [2.24, 2.45) is 5.92 Å². The Balaban J connectivity index is 1.62. The van der Waals surface area contributed by atoms with Crippen LogP contribution in [0.15, 0.2) is 60.7 Å². The highest BCUT2D eigenvalue weighted by Gasteiger charge is 2.19. The van der Waals surface area contributed by atoms with Gasteiger partial charge in [-0.2, -0.15) is 0 Å². The Morgan fingerprint density at radius 2 is 1.72 bits per heavy atom. The van der Waals surface area contributed by atoms with Crippen LogP contribution >= 0.6 is 0 Å². The zero-order valence-corrected chi connectivity index (χ0v) is 17.1. The lowest BCUT2D eigenvalue weighted by atomic mass is 9.99. The molecule has 0 spiro atoms. The average Bonchev–Trinajstić information content (AvgIpc) is 2.79. The number of para-hydroxylation sites is 1. The fraction of sp³-hybridized carbons (Fsp3) is 0.333. The van der Waals surface area contributed by atoms with Gasteiger partial charge < -0.3 is 15.0 Å². The molecule has 1 N–H and O–H groups in total. The van der Waals surface area contributed by atoms with Crippen LogP contribution in [0.5, 0.6) is 5.75 Å². The summed E-state index contributed by atoms with van der Waals surface area (Å²) in [6.07, 6.45) is 2.41. The number of ether oxygens (including phenoxy) is 1. The molecule has 1 aliphatic rings. The lowest BCUT2D eigenvalue weighted by Crippen LogP contribution is -2.33. The van der Waals surface area contributed by atoms with Crippen LogP contribution in [0.1, 0.15) is 25.3 Å². The summed E-state index contributed by atoms with van der Waals surface area (Å²) in [4.78, 5) is 12.1. The quantitative estimate of drug-likeness (QED) is 0.644. The molecule has 1 saturated heterocycles. The molecule has 4 rings (SSSR count). The van der Waals surface area contributed by atoms with E-state index in [4.69, 9.17) is 14.7 Å². The van der Waals surface area contributed by atoms with Crippen molar-refractivity contribution in [2.75, 3.05) is 30.4 Å². The lowest BCUT2D eigenvalue weighted by molar-refractivity contribution is 0.410. The minimum absolute atomic E-state index is 0.645. The molecule has 5 nitrogen and oxygen atoms in total. The predicted molar refractivity (Wildman–Crippen MR) is 118 cm³/mol. The number of anilines is 2. The summed E-state index contributed by atoms with van der Waals surface area (Å²) in [6.45, 7) is 5.05. The predicted octanol–water partition coefficient (Wildman–Crippen LogP) is 5.00. The summed E-state index contributed by atoms with van der Waals surface area (Å²) in [5.74, 6) is 4.24. The molecule has 0 atom stereocenters. The Morgan fingerprint density at radius 1 is 1.00 bits per heavy atom. The van der Waals surface area contributed by atoms with E-state index < -0.39 is 0 Å². The van der Waals surface area contributed by atoms with Gasteiger partial charge in [-0.1, -0.05) is 55.5 Å². The number of piperidine rings is 1. The van der Waals surface area contributed by atoms with E-state index in [-0.39, 0.29) is 0 Å². The third kappa shape index (κ3) is 4.67. The molecular weight excluding hydrogens is 360 g/mol. The normalized spacial score (nSPS) is 14.6. The Kier molecular flexibility index (Phi) is 5.94. The molecule has 0 amide bonds. The largest absolute Gasteiger partial charge is 0.496 e. The van der Waals surface area contributed by atoms with E-state index in [1.165, 1.54) is 12.8 Å². The summed E-state index contributed by atoms with van der Waals surface area (Å²) < 4.78 is 5.47. The second kappa shape index (κ2) is 8.95. The standard InChI is InChI=1S/C24H28N4O/c1-18-12-14-28(15-13-18)23-16-22(25-17-20-10-6-7-11-21(20)29-2)26-24(27-23)19-8-4-3-5-9-19/h3-11,16,18H,12-15,17H2,1-2H3,(H,25,26,27). The third-order valence-electron chi connectivity index (χ3n) is 5.50. The second-order valence-corrected chi connectivity index (χ2v) is 7.64. The molecule has 2 heterocycles.